The number of alkyl halides is 1. The number of hydrogen-bond donors (Lipinski definition) is 1. The summed E-state index contributed by atoms with van der Waals surface area (Å²) >= 11 is 3.24. The van der Waals surface area contributed by atoms with Gasteiger partial charge in [-0.25, -0.2) is 0 Å². The molecule has 0 amide bonds. The SMILES string of the molecule is O=[N+]([O-])c1cc(C(O)CCBr)ccc1OCc1ccccc1. The van der Waals surface area contributed by atoms with Gasteiger partial charge in [0.15, 0.2) is 5.75 Å². The number of ether oxygens (including phenoxy) is 1. The van der Waals surface area contributed by atoms with Crippen molar-refractivity contribution in [3.8, 4) is 5.75 Å². The van der Waals surface area contributed by atoms with E-state index in [0.29, 0.717) is 17.3 Å². The lowest BCUT2D eigenvalue weighted by Crippen LogP contribution is -2.02. The largest absolute Gasteiger partial charge is 0.482 e. The highest BCUT2D eigenvalue weighted by Gasteiger charge is 2.19. The monoisotopic (exact) mass is 365 g/mol. The third-order valence-electron chi connectivity index (χ3n) is 3.18. The number of aliphatic hydroxyl groups excluding tert-OH is 1. The number of nitrogens with zero attached hydrogens (tertiary/aromatic N) is 1. The van der Waals surface area contributed by atoms with Gasteiger partial charge in [-0.2, -0.15) is 0 Å². The van der Waals surface area contributed by atoms with E-state index in [1.54, 1.807) is 6.07 Å². The van der Waals surface area contributed by atoms with Crippen molar-refractivity contribution in [3.63, 3.8) is 0 Å². The minimum atomic E-state index is -0.735. The summed E-state index contributed by atoms with van der Waals surface area (Å²) in [6.45, 7) is 0.255. The molecule has 0 bridgehead atoms. The predicted molar refractivity (Wildman–Crippen MR) is 87.2 cm³/mol. The molecule has 2 aromatic carbocycles. The smallest absolute Gasteiger partial charge is 0.311 e. The van der Waals surface area contributed by atoms with Crippen molar-refractivity contribution >= 4 is 21.6 Å². The Hall–Kier alpha value is -1.92. The molecule has 0 radical (unpaired) electrons. The Kier molecular flexibility index (Phi) is 5.91. The fourth-order valence-electron chi connectivity index (χ4n) is 2.01. The Morgan fingerprint density at radius 3 is 2.59 bits per heavy atom. The van der Waals surface area contributed by atoms with Crippen LogP contribution < -0.4 is 4.74 Å². The molecule has 0 aliphatic heterocycles. The molecule has 2 aromatic rings. The van der Waals surface area contributed by atoms with Crippen LogP contribution in [0.25, 0.3) is 0 Å². The summed E-state index contributed by atoms with van der Waals surface area (Å²) in [5.74, 6) is 0.198. The van der Waals surface area contributed by atoms with Crippen molar-refractivity contribution in [2.75, 3.05) is 5.33 Å². The highest BCUT2D eigenvalue weighted by atomic mass is 79.9. The molecule has 6 heteroatoms. The van der Waals surface area contributed by atoms with E-state index in [2.05, 4.69) is 15.9 Å². The highest BCUT2D eigenvalue weighted by Crippen LogP contribution is 2.31. The van der Waals surface area contributed by atoms with Gasteiger partial charge in [0.25, 0.3) is 0 Å². The van der Waals surface area contributed by atoms with Crippen molar-refractivity contribution in [2.24, 2.45) is 0 Å². The molecule has 0 saturated carbocycles. The van der Waals surface area contributed by atoms with Gasteiger partial charge in [0, 0.05) is 11.4 Å². The second-order valence-electron chi connectivity index (χ2n) is 4.75. The molecule has 116 valence electrons. The van der Waals surface area contributed by atoms with Crippen LogP contribution >= 0.6 is 15.9 Å². The Morgan fingerprint density at radius 2 is 1.95 bits per heavy atom. The molecule has 0 heterocycles. The fraction of sp³-hybridized carbons (Fsp3) is 0.250. The number of nitro benzene ring substituents is 1. The standard InChI is InChI=1S/C16H16BrNO4/c17-9-8-15(19)13-6-7-16(14(10-13)18(20)21)22-11-12-4-2-1-3-5-12/h1-7,10,15,19H,8-9,11H2. The molecule has 1 N–H and O–H groups in total. The van der Waals surface area contributed by atoms with Crippen LogP contribution in [-0.2, 0) is 6.61 Å². The lowest BCUT2D eigenvalue weighted by Gasteiger charge is -2.11. The Bertz CT molecular complexity index is 633. The zero-order chi connectivity index (χ0) is 15.9. The zero-order valence-corrected chi connectivity index (χ0v) is 13.4. The number of nitro groups is 1. The molecule has 22 heavy (non-hydrogen) atoms. The quantitative estimate of drug-likeness (QED) is 0.457. The van der Waals surface area contributed by atoms with E-state index in [1.807, 2.05) is 30.3 Å². The van der Waals surface area contributed by atoms with Crippen molar-refractivity contribution in [1.82, 2.24) is 0 Å². The topological polar surface area (TPSA) is 72.6 Å². The van der Waals surface area contributed by atoms with Gasteiger partial charge in [-0.1, -0.05) is 52.3 Å². The van der Waals surface area contributed by atoms with Crippen LogP contribution in [-0.4, -0.2) is 15.4 Å². The number of halogens is 1. The molecule has 5 nitrogen and oxygen atoms in total. The van der Waals surface area contributed by atoms with Gasteiger partial charge in [-0.05, 0) is 23.6 Å². The van der Waals surface area contributed by atoms with Crippen LogP contribution in [0.15, 0.2) is 48.5 Å². The van der Waals surface area contributed by atoms with Gasteiger partial charge in [0.05, 0.1) is 11.0 Å². The molecular formula is C16H16BrNO4. The minimum absolute atomic E-state index is 0.137. The molecule has 0 aliphatic rings. The van der Waals surface area contributed by atoms with E-state index in [1.165, 1.54) is 12.1 Å². The van der Waals surface area contributed by atoms with E-state index in [-0.39, 0.29) is 18.0 Å². The maximum absolute atomic E-state index is 11.2. The van der Waals surface area contributed by atoms with E-state index >= 15 is 0 Å². The first kappa shape index (κ1) is 16.5. The van der Waals surface area contributed by atoms with Crippen LogP contribution in [0.3, 0.4) is 0 Å². The first-order valence-corrected chi connectivity index (χ1v) is 7.93. The van der Waals surface area contributed by atoms with E-state index in [0.717, 1.165) is 5.56 Å². The summed E-state index contributed by atoms with van der Waals surface area (Å²) in [5, 5.41) is 21.8. The van der Waals surface area contributed by atoms with Gasteiger partial charge >= 0.3 is 5.69 Å². The van der Waals surface area contributed by atoms with Gasteiger partial charge in [0.2, 0.25) is 0 Å². The van der Waals surface area contributed by atoms with Crippen molar-refractivity contribution < 1.29 is 14.8 Å². The third-order valence-corrected chi connectivity index (χ3v) is 3.64. The normalized spacial score (nSPS) is 11.9. The maximum atomic E-state index is 11.2. The van der Waals surface area contributed by atoms with Crippen molar-refractivity contribution in [1.29, 1.82) is 0 Å². The van der Waals surface area contributed by atoms with Crippen LogP contribution in [0.5, 0.6) is 5.75 Å². The van der Waals surface area contributed by atoms with Crippen LogP contribution in [0, 0.1) is 10.1 Å². The average molecular weight is 366 g/mol. The summed E-state index contributed by atoms with van der Waals surface area (Å²) in [7, 11) is 0. The molecule has 1 unspecified atom stereocenters. The second-order valence-corrected chi connectivity index (χ2v) is 5.54. The first-order valence-electron chi connectivity index (χ1n) is 6.81. The molecule has 0 aromatic heterocycles. The molecule has 0 spiro atoms. The van der Waals surface area contributed by atoms with E-state index in [9.17, 15) is 15.2 Å². The van der Waals surface area contributed by atoms with Crippen molar-refractivity contribution in [2.45, 2.75) is 19.1 Å². The van der Waals surface area contributed by atoms with E-state index < -0.39 is 11.0 Å². The van der Waals surface area contributed by atoms with Gasteiger partial charge in [0.1, 0.15) is 6.61 Å². The molecule has 1 atom stereocenters. The second kappa shape index (κ2) is 7.91. The summed E-state index contributed by atoms with van der Waals surface area (Å²) in [4.78, 5) is 10.7. The Labute approximate surface area is 136 Å². The molecule has 0 fully saturated rings. The van der Waals surface area contributed by atoms with Crippen LogP contribution in [0.4, 0.5) is 5.69 Å². The number of benzene rings is 2. The fourth-order valence-corrected chi connectivity index (χ4v) is 2.45. The Balaban J connectivity index is 2.18. The summed E-state index contributed by atoms with van der Waals surface area (Å²) in [6.07, 6.45) is -0.247. The predicted octanol–water partition coefficient (Wildman–Crippen LogP) is 3.99. The number of aliphatic hydroxyl groups is 1. The van der Waals surface area contributed by atoms with Crippen LogP contribution in [0.2, 0.25) is 0 Å². The summed E-state index contributed by atoms with van der Waals surface area (Å²) < 4.78 is 5.55. The van der Waals surface area contributed by atoms with Gasteiger partial charge in [-0.3, -0.25) is 10.1 Å². The maximum Gasteiger partial charge on any atom is 0.311 e. The van der Waals surface area contributed by atoms with Crippen LogP contribution in [0.1, 0.15) is 23.7 Å². The first-order chi connectivity index (χ1) is 10.6. The lowest BCUT2D eigenvalue weighted by molar-refractivity contribution is -0.386. The van der Waals surface area contributed by atoms with Gasteiger partial charge in [-0.15, -0.1) is 0 Å². The van der Waals surface area contributed by atoms with E-state index in [4.69, 9.17) is 4.74 Å². The number of hydrogen-bond acceptors (Lipinski definition) is 4. The molecule has 0 saturated heterocycles. The lowest BCUT2D eigenvalue weighted by atomic mass is 10.1. The minimum Gasteiger partial charge on any atom is -0.482 e. The van der Waals surface area contributed by atoms with Crippen molar-refractivity contribution in [3.05, 3.63) is 69.8 Å². The third kappa shape index (κ3) is 4.29. The average Bonchev–Trinajstić information content (AvgIpc) is 2.54. The molecule has 2 rings (SSSR count). The highest BCUT2D eigenvalue weighted by molar-refractivity contribution is 9.09. The zero-order valence-electron chi connectivity index (χ0n) is 11.8. The molecular weight excluding hydrogens is 350 g/mol. The Morgan fingerprint density at radius 1 is 1.23 bits per heavy atom. The molecule has 0 aliphatic carbocycles. The summed E-state index contributed by atoms with van der Waals surface area (Å²) in [6, 6.07) is 14.0. The number of rotatable bonds is 7. The van der Waals surface area contributed by atoms with Gasteiger partial charge < -0.3 is 9.84 Å². The summed E-state index contributed by atoms with van der Waals surface area (Å²) in [5.41, 5.74) is 1.31.